The first-order valence-electron chi connectivity index (χ1n) is 6.01. The van der Waals surface area contributed by atoms with E-state index in [9.17, 15) is 9.59 Å². The smallest absolute Gasteiger partial charge is 0.303 e. The van der Waals surface area contributed by atoms with Crippen molar-refractivity contribution < 1.29 is 14.7 Å². The van der Waals surface area contributed by atoms with Crippen molar-refractivity contribution in [2.75, 3.05) is 5.32 Å². The summed E-state index contributed by atoms with van der Waals surface area (Å²) in [5, 5.41) is 22.1. The van der Waals surface area contributed by atoms with Gasteiger partial charge in [0.2, 0.25) is 5.91 Å². The van der Waals surface area contributed by atoms with E-state index in [-0.39, 0.29) is 18.7 Å². The molecule has 1 aromatic heterocycles. The minimum Gasteiger partial charge on any atom is -0.481 e. The fourth-order valence-corrected chi connectivity index (χ4v) is 1.66. The van der Waals surface area contributed by atoms with Gasteiger partial charge in [-0.15, -0.1) is 5.10 Å². The number of aliphatic carboxylic acids is 1. The lowest BCUT2D eigenvalue weighted by Gasteiger charge is -2.09. The minimum atomic E-state index is -0.910. The number of hydrogen-bond acceptors (Lipinski definition) is 5. The number of amides is 1. The van der Waals surface area contributed by atoms with Crippen molar-refractivity contribution in [3.63, 3.8) is 0 Å². The fourth-order valence-electron chi connectivity index (χ4n) is 1.66. The number of tetrazole rings is 1. The van der Waals surface area contributed by atoms with Crippen LogP contribution in [0, 0.1) is 0 Å². The molecule has 0 saturated carbocycles. The van der Waals surface area contributed by atoms with Crippen LogP contribution < -0.4 is 5.32 Å². The van der Waals surface area contributed by atoms with E-state index >= 15 is 0 Å². The predicted molar refractivity (Wildman–Crippen MR) is 69.3 cm³/mol. The fraction of sp³-hybridized carbons (Fsp3) is 0.250. The molecular weight excluding hydrogens is 262 g/mol. The Hall–Kier alpha value is -2.77. The van der Waals surface area contributed by atoms with Crippen molar-refractivity contribution in [2.45, 2.75) is 19.3 Å². The SMILES string of the molecule is O=C(O)CCCC(=O)Nc1ccccc1-n1cnnn1. The molecule has 0 aliphatic heterocycles. The van der Waals surface area contributed by atoms with E-state index in [0.717, 1.165) is 0 Å². The molecule has 8 heteroatoms. The number of carbonyl (C=O) groups is 2. The Morgan fingerprint density at radius 3 is 2.75 bits per heavy atom. The average molecular weight is 275 g/mol. The Morgan fingerprint density at radius 2 is 2.05 bits per heavy atom. The minimum absolute atomic E-state index is 0.0257. The van der Waals surface area contributed by atoms with Gasteiger partial charge in [0.25, 0.3) is 0 Å². The number of rotatable bonds is 6. The van der Waals surface area contributed by atoms with E-state index in [4.69, 9.17) is 5.11 Å². The molecule has 1 aromatic carbocycles. The molecule has 0 spiro atoms. The number of carboxylic acid groups (broad SMARTS) is 1. The second kappa shape index (κ2) is 6.41. The number of carbonyl (C=O) groups excluding carboxylic acids is 1. The van der Waals surface area contributed by atoms with Crippen LogP contribution in [-0.4, -0.2) is 37.2 Å². The molecule has 2 N–H and O–H groups in total. The summed E-state index contributed by atoms with van der Waals surface area (Å²) in [7, 11) is 0. The quantitative estimate of drug-likeness (QED) is 0.808. The summed E-state index contributed by atoms with van der Waals surface area (Å²) < 4.78 is 1.44. The van der Waals surface area contributed by atoms with Gasteiger partial charge >= 0.3 is 5.97 Å². The maximum Gasteiger partial charge on any atom is 0.303 e. The maximum atomic E-state index is 11.8. The number of anilines is 1. The van der Waals surface area contributed by atoms with Gasteiger partial charge in [0.05, 0.1) is 11.4 Å². The molecule has 20 heavy (non-hydrogen) atoms. The molecule has 2 rings (SSSR count). The first-order chi connectivity index (χ1) is 9.66. The molecule has 0 saturated heterocycles. The topological polar surface area (TPSA) is 110 Å². The van der Waals surface area contributed by atoms with Gasteiger partial charge in [-0.3, -0.25) is 9.59 Å². The second-order valence-electron chi connectivity index (χ2n) is 4.07. The Kier molecular flexibility index (Phi) is 4.38. The zero-order valence-corrected chi connectivity index (χ0v) is 10.6. The second-order valence-corrected chi connectivity index (χ2v) is 4.07. The van der Waals surface area contributed by atoms with Gasteiger partial charge in [0.1, 0.15) is 6.33 Å². The lowest BCUT2D eigenvalue weighted by molar-refractivity contribution is -0.137. The third kappa shape index (κ3) is 3.61. The highest BCUT2D eigenvalue weighted by Gasteiger charge is 2.09. The molecule has 1 amide bonds. The van der Waals surface area contributed by atoms with Gasteiger partial charge < -0.3 is 10.4 Å². The highest BCUT2D eigenvalue weighted by atomic mass is 16.4. The Bertz CT molecular complexity index is 597. The number of para-hydroxylation sites is 2. The van der Waals surface area contributed by atoms with Crippen LogP contribution in [0.4, 0.5) is 5.69 Å². The summed E-state index contributed by atoms with van der Waals surface area (Å²) in [6.07, 6.45) is 1.85. The molecule has 104 valence electrons. The molecule has 0 unspecified atom stereocenters. The van der Waals surface area contributed by atoms with E-state index in [0.29, 0.717) is 17.8 Å². The van der Waals surface area contributed by atoms with Gasteiger partial charge in [-0.05, 0) is 29.0 Å². The number of hydrogen-bond donors (Lipinski definition) is 2. The summed E-state index contributed by atoms with van der Waals surface area (Å²) in [6, 6.07) is 7.08. The predicted octanol–water partition coefficient (Wildman–Crippen LogP) is 0.856. The summed E-state index contributed by atoms with van der Waals surface area (Å²) in [5.74, 6) is -1.15. The van der Waals surface area contributed by atoms with E-state index in [2.05, 4.69) is 20.8 Å². The lowest BCUT2D eigenvalue weighted by Crippen LogP contribution is -2.14. The van der Waals surface area contributed by atoms with Crippen molar-refractivity contribution in [1.29, 1.82) is 0 Å². The van der Waals surface area contributed by atoms with Crippen LogP contribution in [0.25, 0.3) is 5.69 Å². The molecule has 2 aromatic rings. The Labute approximate surface area is 114 Å². The Balaban J connectivity index is 2.03. The van der Waals surface area contributed by atoms with Gasteiger partial charge in [-0.25, -0.2) is 0 Å². The molecular formula is C12H13N5O3. The summed E-state index contributed by atoms with van der Waals surface area (Å²) in [5.41, 5.74) is 1.21. The largest absolute Gasteiger partial charge is 0.481 e. The molecule has 1 heterocycles. The first-order valence-corrected chi connectivity index (χ1v) is 6.01. The van der Waals surface area contributed by atoms with E-state index < -0.39 is 5.97 Å². The van der Waals surface area contributed by atoms with E-state index in [1.807, 2.05) is 0 Å². The van der Waals surface area contributed by atoms with Crippen LogP contribution in [-0.2, 0) is 9.59 Å². The zero-order valence-electron chi connectivity index (χ0n) is 10.6. The van der Waals surface area contributed by atoms with Crippen LogP contribution in [0.2, 0.25) is 0 Å². The number of carboxylic acids is 1. The normalized spacial score (nSPS) is 10.2. The van der Waals surface area contributed by atoms with Crippen molar-refractivity contribution in [3.8, 4) is 5.69 Å². The van der Waals surface area contributed by atoms with Gasteiger partial charge in [0, 0.05) is 12.8 Å². The van der Waals surface area contributed by atoms with Crippen molar-refractivity contribution in [1.82, 2.24) is 20.2 Å². The summed E-state index contributed by atoms with van der Waals surface area (Å²) in [4.78, 5) is 22.1. The third-order valence-corrected chi connectivity index (χ3v) is 2.57. The first kappa shape index (κ1) is 13.7. The van der Waals surface area contributed by atoms with E-state index in [1.54, 1.807) is 24.3 Å². The summed E-state index contributed by atoms with van der Waals surface area (Å²) >= 11 is 0. The van der Waals surface area contributed by atoms with Crippen LogP contribution in [0.3, 0.4) is 0 Å². The maximum absolute atomic E-state index is 11.8. The zero-order chi connectivity index (χ0) is 14.4. The molecule has 0 aliphatic carbocycles. The molecule has 0 radical (unpaired) electrons. The van der Waals surface area contributed by atoms with Crippen LogP contribution in [0.5, 0.6) is 0 Å². The van der Waals surface area contributed by atoms with Gasteiger partial charge in [-0.2, -0.15) is 4.68 Å². The lowest BCUT2D eigenvalue weighted by atomic mass is 10.2. The Morgan fingerprint density at radius 1 is 1.25 bits per heavy atom. The molecule has 0 atom stereocenters. The van der Waals surface area contributed by atoms with Crippen molar-refractivity contribution in [2.24, 2.45) is 0 Å². The monoisotopic (exact) mass is 275 g/mol. The van der Waals surface area contributed by atoms with Gasteiger partial charge in [0.15, 0.2) is 0 Å². The van der Waals surface area contributed by atoms with Crippen LogP contribution in [0.15, 0.2) is 30.6 Å². The van der Waals surface area contributed by atoms with E-state index in [1.165, 1.54) is 11.0 Å². The van der Waals surface area contributed by atoms with Crippen LogP contribution >= 0.6 is 0 Å². The number of benzene rings is 1. The van der Waals surface area contributed by atoms with Crippen molar-refractivity contribution >= 4 is 17.6 Å². The molecule has 0 fully saturated rings. The number of nitrogens with zero attached hydrogens (tertiary/aromatic N) is 4. The molecule has 0 aliphatic rings. The highest BCUT2D eigenvalue weighted by Crippen LogP contribution is 2.18. The van der Waals surface area contributed by atoms with Gasteiger partial charge in [-0.1, -0.05) is 12.1 Å². The number of nitrogens with one attached hydrogen (secondary N) is 1. The highest BCUT2D eigenvalue weighted by molar-refractivity contribution is 5.92. The van der Waals surface area contributed by atoms with Crippen molar-refractivity contribution in [3.05, 3.63) is 30.6 Å². The average Bonchev–Trinajstić information content (AvgIpc) is 2.92. The number of aromatic nitrogens is 4. The molecule has 8 nitrogen and oxygen atoms in total. The molecule has 0 bridgehead atoms. The summed E-state index contributed by atoms with van der Waals surface area (Å²) in [6.45, 7) is 0. The standard InChI is InChI=1S/C12H13N5O3/c18-11(6-3-7-12(19)20)14-9-4-1-2-5-10(9)17-8-13-15-16-17/h1-2,4-5,8H,3,6-7H2,(H,14,18)(H,19,20). The third-order valence-electron chi connectivity index (χ3n) is 2.57. The van der Waals surface area contributed by atoms with Crippen LogP contribution in [0.1, 0.15) is 19.3 Å².